The number of hydrogen-bond donors (Lipinski definition) is 0. The third kappa shape index (κ3) is 6.11. The van der Waals surface area contributed by atoms with Crippen molar-refractivity contribution in [3.05, 3.63) is 224 Å². The van der Waals surface area contributed by atoms with E-state index in [0.717, 1.165) is 83.9 Å². The number of pyridine rings is 1. The first-order valence-electron chi connectivity index (χ1n) is 17.9. The van der Waals surface area contributed by atoms with Crippen LogP contribution in [0, 0.1) is 18.8 Å². The SMILES string of the molecule is [Pt].[c-]1c(/C(=C(\c2ccccc2)c2cnccn2)c2[c-]c3c(cc2)c2ccccc2n3-c2ccccn2)cccc1N1[CH-]N(c2ccccc2)c2ccccc21. The molecule has 7 heteroatoms. The molecule has 1 aliphatic heterocycles. The van der Waals surface area contributed by atoms with Gasteiger partial charge in [-0.25, -0.2) is 4.98 Å². The topological polar surface area (TPSA) is 50.1 Å². The number of para-hydroxylation sites is 4. The van der Waals surface area contributed by atoms with E-state index < -0.39 is 0 Å². The molecule has 3 aromatic heterocycles. The Labute approximate surface area is 334 Å². The molecule has 55 heavy (non-hydrogen) atoms. The number of benzene rings is 6. The van der Waals surface area contributed by atoms with E-state index in [4.69, 9.17) is 9.97 Å². The second kappa shape index (κ2) is 14.7. The van der Waals surface area contributed by atoms with Gasteiger partial charge in [-0.15, -0.1) is 65.8 Å². The van der Waals surface area contributed by atoms with Crippen molar-refractivity contribution in [3.63, 3.8) is 0 Å². The number of fused-ring (bicyclic) bond motifs is 4. The van der Waals surface area contributed by atoms with Crippen LogP contribution in [0.15, 0.2) is 183 Å². The molecule has 6 aromatic carbocycles. The molecule has 10 rings (SSSR count). The van der Waals surface area contributed by atoms with Gasteiger partial charge in [-0.05, 0) is 64.5 Å². The van der Waals surface area contributed by atoms with Gasteiger partial charge in [-0.3, -0.25) is 9.97 Å². The smallest absolute Gasteiger partial charge is 0.136 e. The van der Waals surface area contributed by atoms with Crippen LogP contribution < -0.4 is 9.80 Å². The van der Waals surface area contributed by atoms with Crippen LogP contribution in [0.4, 0.5) is 22.7 Å². The second-order valence-electron chi connectivity index (χ2n) is 13.0. The summed E-state index contributed by atoms with van der Waals surface area (Å²) in [7, 11) is 0. The maximum Gasteiger partial charge on any atom is 0.136 e. The standard InChI is InChI=1S/C48H31N6.Pt/c1-3-14-34(15-4-1)48(41-32-49-28-29-50-41)47(36-25-26-40-39-20-7-8-21-42(39)54(45(40)31-36)46-24-11-12-27-51-46)35-16-13-19-38(30-35)53-33-52(37-17-5-2-6-18-37)43-22-9-10-23-44(43)53;/h1-29,32-33H;/q-3;/b48-47-;. The second-order valence-corrected chi connectivity index (χ2v) is 13.0. The van der Waals surface area contributed by atoms with Crippen LogP contribution in [0.25, 0.3) is 38.8 Å². The number of hydrogen-bond acceptors (Lipinski definition) is 5. The molecule has 0 radical (unpaired) electrons. The Morgan fingerprint density at radius 3 is 2.04 bits per heavy atom. The first-order chi connectivity index (χ1) is 26.8. The van der Waals surface area contributed by atoms with Crippen molar-refractivity contribution in [1.29, 1.82) is 0 Å². The van der Waals surface area contributed by atoms with Gasteiger partial charge in [0.05, 0.1) is 11.9 Å². The van der Waals surface area contributed by atoms with Crippen molar-refractivity contribution >= 4 is 55.7 Å². The third-order valence-electron chi connectivity index (χ3n) is 9.84. The van der Waals surface area contributed by atoms with Gasteiger partial charge in [0.25, 0.3) is 0 Å². The predicted molar refractivity (Wildman–Crippen MR) is 218 cm³/mol. The summed E-state index contributed by atoms with van der Waals surface area (Å²) in [5.74, 6) is 0.833. The Balaban J connectivity index is 0.00000397. The normalized spacial score (nSPS) is 12.7. The molecule has 0 atom stereocenters. The fourth-order valence-corrected chi connectivity index (χ4v) is 7.47. The largest absolute Gasteiger partial charge is 0.488 e. The van der Waals surface area contributed by atoms with E-state index in [-0.39, 0.29) is 21.1 Å². The van der Waals surface area contributed by atoms with E-state index >= 15 is 0 Å². The summed E-state index contributed by atoms with van der Waals surface area (Å²) in [6, 6.07) is 62.2. The summed E-state index contributed by atoms with van der Waals surface area (Å²) >= 11 is 0. The molecule has 0 aliphatic carbocycles. The molecular formula is C48H31N6Pt-3. The summed E-state index contributed by atoms with van der Waals surface area (Å²) in [6.07, 6.45) is 7.12. The molecule has 4 heterocycles. The molecule has 0 saturated heterocycles. The minimum absolute atomic E-state index is 0. The van der Waals surface area contributed by atoms with Gasteiger partial charge >= 0.3 is 0 Å². The van der Waals surface area contributed by atoms with E-state index in [1.54, 1.807) is 12.4 Å². The number of anilines is 4. The van der Waals surface area contributed by atoms with Gasteiger partial charge in [0.2, 0.25) is 0 Å². The maximum atomic E-state index is 4.88. The van der Waals surface area contributed by atoms with E-state index in [9.17, 15) is 0 Å². The number of nitrogens with zero attached hydrogens (tertiary/aromatic N) is 6. The zero-order chi connectivity index (χ0) is 35.8. The Bertz CT molecular complexity index is 2760. The van der Waals surface area contributed by atoms with Crippen LogP contribution in [-0.4, -0.2) is 19.5 Å². The van der Waals surface area contributed by atoms with Gasteiger partial charge < -0.3 is 14.4 Å². The molecule has 0 N–H and O–H groups in total. The van der Waals surface area contributed by atoms with Crippen LogP contribution >= 0.6 is 0 Å². The summed E-state index contributed by atoms with van der Waals surface area (Å²) in [5.41, 5.74) is 11.6. The summed E-state index contributed by atoms with van der Waals surface area (Å²) in [5, 5.41) is 2.24. The number of rotatable bonds is 7. The fourth-order valence-electron chi connectivity index (χ4n) is 7.47. The molecule has 266 valence electrons. The van der Waals surface area contributed by atoms with Crippen LogP contribution in [0.3, 0.4) is 0 Å². The zero-order valence-corrected chi connectivity index (χ0v) is 31.7. The van der Waals surface area contributed by atoms with Crippen LogP contribution in [0.5, 0.6) is 0 Å². The monoisotopic (exact) mass is 886 g/mol. The van der Waals surface area contributed by atoms with E-state index in [1.807, 2.05) is 42.7 Å². The van der Waals surface area contributed by atoms with Gasteiger partial charge in [0.15, 0.2) is 0 Å². The van der Waals surface area contributed by atoms with Gasteiger partial charge in [0, 0.05) is 62.2 Å². The Hall–Kier alpha value is -6.62. The molecule has 1 aliphatic rings. The van der Waals surface area contributed by atoms with Crippen LogP contribution in [-0.2, 0) is 21.1 Å². The molecule has 0 amide bonds. The summed E-state index contributed by atoms with van der Waals surface area (Å²) in [6.45, 7) is 2.14. The minimum Gasteiger partial charge on any atom is -0.488 e. The van der Waals surface area contributed by atoms with E-state index in [1.165, 1.54) is 0 Å². The van der Waals surface area contributed by atoms with Gasteiger partial charge in [-0.2, -0.15) is 0 Å². The number of aromatic nitrogens is 4. The predicted octanol–water partition coefficient (Wildman–Crippen LogP) is 11.0. The quantitative estimate of drug-likeness (QED) is 0.118. The zero-order valence-electron chi connectivity index (χ0n) is 29.4. The van der Waals surface area contributed by atoms with Crippen molar-refractivity contribution in [3.8, 4) is 5.82 Å². The van der Waals surface area contributed by atoms with Crippen molar-refractivity contribution in [2.75, 3.05) is 9.80 Å². The van der Waals surface area contributed by atoms with Gasteiger partial charge in [0.1, 0.15) is 5.82 Å². The molecule has 0 saturated carbocycles. The Morgan fingerprint density at radius 2 is 1.25 bits per heavy atom. The van der Waals surface area contributed by atoms with Crippen molar-refractivity contribution in [2.45, 2.75) is 0 Å². The first kappa shape index (κ1) is 34.2. The molecule has 0 unspecified atom stereocenters. The summed E-state index contributed by atoms with van der Waals surface area (Å²) < 4.78 is 2.20. The van der Waals surface area contributed by atoms with Crippen LogP contribution in [0.2, 0.25) is 0 Å². The average molecular weight is 887 g/mol. The Kier molecular flexibility index (Phi) is 9.11. The fraction of sp³-hybridized carbons (Fsp3) is 0. The van der Waals surface area contributed by atoms with Crippen molar-refractivity contribution in [1.82, 2.24) is 19.5 Å². The van der Waals surface area contributed by atoms with E-state index in [2.05, 4.69) is 166 Å². The maximum absolute atomic E-state index is 4.88. The molecule has 0 bridgehead atoms. The third-order valence-corrected chi connectivity index (χ3v) is 9.84. The Morgan fingerprint density at radius 1 is 0.527 bits per heavy atom. The van der Waals surface area contributed by atoms with Crippen LogP contribution in [0.1, 0.15) is 22.4 Å². The molecular weight excluding hydrogens is 856 g/mol. The molecule has 0 fully saturated rings. The van der Waals surface area contributed by atoms with Crippen molar-refractivity contribution in [2.24, 2.45) is 0 Å². The minimum atomic E-state index is 0. The average Bonchev–Trinajstić information content (AvgIpc) is 3.80. The van der Waals surface area contributed by atoms with Crippen molar-refractivity contribution < 1.29 is 21.1 Å². The summed E-state index contributed by atoms with van der Waals surface area (Å²) in [4.78, 5) is 18.6. The molecule has 6 nitrogen and oxygen atoms in total. The molecule has 9 aromatic rings. The molecule has 0 spiro atoms. The first-order valence-corrected chi connectivity index (χ1v) is 17.9. The van der Waals surface area contributed by atoms with Gasteiger partial charge in [-0.1, -0.05) is 96.0 Å². The van der Waals surface area contributed by atoms with E-state index in [0.29, 0.717) is 0 Å².